The van der Waals surface area contributed by atoms with Crippen LogP contribution in [0.3, 0.4) is 0 Å². The summed E-state index contributed by atoms with van der Waals surface area (Å²) in [6.07, 6.45) is 7.05. The topological polar surface area (TPSA) is 57.0 Å². The molecule has 5 nitrogen and oxygen atoms in total. The Hall–Kier alpha value is -2.77. The lowest BCUT2D eigenvalue weighted by Gasteiger charge is -2.13. The van der Waals surface area contributed by atoms with Gasteiger partial charge in [0.05, 0.1) is 5.56 Å². The molecule has 7 heteroatoms. The fourth-order valence-corrected chi connectivity index (χ4v) is 4.53. The average Bonchev–Trinajstić information content (AvgIpc) is 3.22. The highest BCUT2D eigenvalue weighted by Crippen LogP contribution is 2.25. The van der Waals surface area contributed by atoms with Gasteiger partial charge in [-0.2, -0.15) is 0 Å². The van der Waals surface area contributed by atoms with Crippen LogP contribution in [0.4, 0.5) is 0 Å². The van der Waals surface area contributed by atoms with E-state index in [4.69, 9.17) is 4.74 Å². The summed E-state index contributed by atoms with van der Waals surface area (Å²) in [6, 6.07) is 13.8. The average molecular weight is 496 g/mol. The van der Waals surface area contributed by atoms with E-state index in [1.807, 2.05) is 48.7 Å². The fraction of sp³-hybridized carbons (Fsp3) is 0.208. The molecule has 0 aliphatic heterocycles. The summed E-state index contributed by atoms with van der Waals surface area (Å²) in [6.45, 7) is 2.97. The van der Waals surface area contributed by atoms with E-state index in [0.29, 0.717) is 24.5 Å². The second-order valence-corrected chi connectivity index (χ2v) is 8.94. The van der Waals surface area contributed by atoms with Crippen LogP contribution in [0.2, 0.25) is 0 Å². The zero-order valence-corrected chi connectivity index (χ0v) is 19.5. The molecule has 0 aliphatic carbocycles. The van der Waals surface area contributed by atoms with Crippen LogP contribution in [0, 0.1) is 6.92 Å². The van der Waals surface area contributed by atoms with Gasteiger partial charge in [-0.05, 0) is 59.0 Å². The highest BCUT2D eigenvalue weighted by molar-refractivity contribution is 9.10. The lowest BCUT2D eigenvalue weighted by Crippen LogP contribution is -2.22. The molecule has 31 heavy (non-hydrogen) atoms. The normalized spacial score (nSPS) is 10.9. The number of pyridine rings is 2. The van der Waals surface area contributed by atoms with Gasteiger partial charge in [-0.15, -0.1) is 11.3 Å². The number of rotatable bonds is 8. The van der Waals surface area contributed by atoms with Gasteiger partial charge in [0.15, 0.2) is 0 Å². The third-order valence-corrected chi connectivity index (χ3v) is 6.57. The summed E-state index contributed by atoms with van der Waals surface area (Å²) < 4.78 is 8.77. The molecular weight excluding hydrogens is 474 g/mol. The van der Waals surface area contributed by atoms with Crippen LogP contribution in [0.25, 0.3) is 10.6 Å². The summed E-state index contributed by atoms with van der Waals surface area (Å²) in [7, 11) is 0. The van der Waals surface area contributed by atoms with E-state index < -0.39 is 0 Å². The number of aryl methyl sites for hydroxylation is 3. The maximum Gasteiger partial charge on any atom is 0.261 e. The van der Waals surface area contributed by atoms with E-state index in [-0.39, 0.29) is 5.56 Å². The quantitative estimate of drug-likeness (QED) is 0.316. The number of ether oxygens (including phenoxy) is 1. The zero-order valence-electron chi connectivity index (χ0n) is 17.1. The van der Waals surface area contributed by atoms with Crippen molar-refractivity contribution >= 4 is 27.3 Å². The van der Waals surface area contributed by atoms with Crippen molar-refractivity contribution in [2.45, 2.75) is 32.9 Å². The minimum Gasteiger partial charge on any atom is -0.487 e. The predicted molar refractivity (Wildman–Crippen MR) is 128 cm³/mol. The molecule has 0 atom stereocenters. The first-order valence-electron chi connectivity index (χ1n) is 10.0. The molecule has 0 amide bonds. The summed E-state index contributed by atoms with van der Waals surface area (Å²) in [5.74, 6) is 0.663. The molecule has 1 aromatic carbocycles. The molecule has 158 valence electrons. The Morgan fingerprint density at radius 1 is 1.19 bits per heavy atom. The Labute approximate surface area is 193 Å². The molecule has 0 fully saturated rings. The van der Waals surface area contributed by atoms with Crippen molar-refractivity contribution in [3.8, 4) is 16.3 Å². The van der Waals surface area contributed by atoms with Crippen LogP contribution < -0.4 is 10.3 Å². The standard InChI is InChI=1S/C24H22BrN3O2S/c1-17-16-31-23(27-17)21-12-20(30-15-18-6-3-2-4-7-18)14-28(24(21)29)11-5-8-19-9-10-26-13-22(19)25/h2-4,6-7,9-10,12-14,16H,5,8,11,15H2,1H3. The van der Waals surface area contributed by atoms with E-state index in [0.717, 1.165) is 33.6 Å². The van der Waals surface area contributed by atoms with Gasteiger partial charge in [-0.1, -0.05) is 30.3 Å². The fourth-order valence-electron chi connectivity index (χ4n) is 3.27. The molecule has 0 saturated carbocycles. The van der Waals surface area contributed by atoms with Crippen molar-refractivity contribution in [1.29, 1.82) is 0 Å². The van der Waals surface area contributed by atoms with E-state index in [2.05, 4.69) is 25.9 Å². The number of benzene rings is 1. The van der Waals surface area contributed by atoms with Gasteiger partial charge in [0.25, 0.3) is 5.56 Å². The summed E-state index contributed by atoms with van der Waals surface area (Å²) >= 11 is 5.02. The SMILES string of the molecule is Cc1csc(-c2cc(OCc3ccccc3)cn(CCCc3ccncc3Br)c2=O)n1. The molecule has 4 aromatic rings. The third-order valence-electron chi connectivity index (χ3n) is 4.86. The first kappa shape index (κ1) is 21.5. The van der Waals surface area contributed by atoms with Crippen molar-refractivity contribution < 1.29 is 4.74 Å². The van der Waals surface area contributed by atoms with E-state index >= 15 is 0 Å². The van der Waals surface area contributed by atoms with Crippen LogP contribution >= 0.6 is 27.3 Å². The molecule has 0 saturated heterocycles. The second kappa shape index (κ2) is 10.0. The summed E-state index contributed by atoms with van der Waals surface area (Å²) in [5, 5.41) is 2.68. The van der Waals surface area contributed by atoms with Crippen molar-refractivity contribution in [1.82, 2.24) is 14.5 Å². The zero-order chi connectivity index (χ0) is 21.6. The van der Waals surface area contributed by atoms with Crippen molar-refractivity contribution in [3.05, 3.63) is 98.1 Å². The maximum absolute atomic E-state index is 13.2. The molecule has 3 aromatic heterocycles. The number of aromatic nitrogens is 3. The molecule has 3 heterocycles. The highest BCUT2D eigenvalue weighted by atomic mass is 79.9. The highest BCUT2D eigenvalue weighted by Gasteiger charge is 2.13. The predicted octanol–water partition coefficient (Wildman–Crippen LogP) is 5.65. The molecular formula is C24H22BrN3O2S. The minimum absolute atomic E-state index is 0.0461. The van der Waals surface area contributed by atoms with Crippen LogP contribution in [0.5, 0.6) is 5.75 Å². The summed E-state index contributed by atoms with van der Waals surface area (Å²) in [4.78, 5) is 21.8. The lowest BCUT2D eigenvalue weighted by atomic mass is 10.1. The molecule has 0 bridgehead atoms. The number of halogens is 1. The Kier molecular flexibility index (Phi) is 6.94. The van der Waals surface area contributed by atoms with Crippen LogP contribution in [-0.2, 0) is 19.6 Å². The smallest absolute Gasteiger partial charge is 0.261 e. The van der Waals surface area contributed by atoms with Gasteiger partial charge < -0.3 is 9.30 Å². The molecule has 0 aliphatic rings. The maximum atomic E-state index is 13.2. The van der Waals surface area contributed by atoms with E-state index in [1.54, 1.807) is 29.2 Å². The largest absolute Gasteiger partial charge is 0.487 e. The first-order chi connectivity index (χ1) is 15.1. The van der Waals surface area contributed by atoms with Gasteiger partial charge in [0.2, 0.25) is 0 Å². The summed E-state index contributed by atoms with van der Waals surface area (Å²) in [5.41, 5.74) is 3.69. The van der Waals surface area contributed by atoms with Crippen molar-refractivity contribution in [3.63, 3.8) is 0 Å². The van der Waals surface area contributed by atoms with Crippen LogP contribution in [-0.4, -0.2) is 14.5 Å². The monoisotopic (exact) mass is 495 g/mol. The van der Waals surface area contributed by atoms with Crippen molar-refractivity contribution in [2.24, 2.45) is 0 Å². The second-order valence-electron chi connectivity index (χ2n) is 7.23. The molecule has 4 rings (SSSR count). The van der Waals surface area contributed by atoms with Gasteiger partial charge >= 0.3 is 0 Å². The molecule has 0 radical (unpaired) electrons. The molecule has 0 unspecified atom stereocenters. The van der Waals surface area contributed by atoms with Gasteiger partial charge in [-0.25, -0.2) is 4.98 Å². The number of hydrogen-bond donors (Lipinski definition) is 0. The van der Waals surface area contributed by atoms with Crippen LogP contribution in [0.1, 0.15) is 23.2 Å². The Balaban J connectivity index is 1.58. The Bertz CT molecular complexity index is 1220. The number of nitrogens with zero attached hydrogens (tertiary/aromatic N) is 3. The Morgan fingerprint density at radius 2 is 2.03 bits per heavy atom. The van der Waals surface area contributed by atoms with Gasteiger partial charge in [-0.3, -0.25) is 9.78 Å². The van der Waals surface area contributed by atoms with E-state index in [1.165, 1.54) is 16.9 Å². The Morgan fingerprint density at radius 3 is 2.77 bits per heavy atom. The van der Waals surface area contributed by atoms with Crippen molar-refractivity contribution in [2.75, 3.05) is 0 Å². The first-order valence-corrected chi connectivity index (χ1v) is 11.7. The van der Waals surface area contributed by atoms with E-state index in [9.17, 15) is 4.79 Å². The molecule has 0 N–H and O–H groups in total. The van der Waals surface area contributed by atoms with Crippen LogP contribution in [0.15, 0.2) is 75.7 Å². The molecule has 0 spiro atoms. The van der Waals surface area contributed by atoms with Gasteiger partial charge in [0.1, 0.15) is 17.4 Å². The van der Waals surface area contributed by atoms with Gasteiger partial charge in [0, 0.05) is 40.7 Å². The third kappa shape index (κ3) is 5.48. The number of hydrogen-bond acceptors (Lipinski definition) is 5. The lowest BCUT2D eigenvalue weighted by molar-refractivity contribution is 0.302. The minimum atomic E-state index is -0.0461. The number of thiazole rings is 1.